The minimum Gasteiger partial charge on any atom is -0.0995 e. The van der Waals surface area contributed by atoms with Gasteiger partial charge in [-0.05, 0) is 49.3 Å². The van der Waals surface area contributed by atoms with Crippen LogP contribution < -0.4 is 0 Å². The molecule has 1 aliphatic carbocycles. The minimum atomic E-state index is 1.06. The lowest BCUT2D eigenvalue weighted by atomic mass is 9.94. The van der Waals surface area contributed by atoms with Crippen molar-refractivity contribution in [2.24, 2.45) is 0 Å². The molecule has 2 rings (SSSR count). The van der Waals surface area contributed by atoms with Gasteiger partial charge in [-0.2, -0.15) is 0 Å². The Labute approximate surface area is 92.3 Å². The summed E-state index contributed by atoms with van der Waals surface area (Å²) in [4.78, 5) is 0. The number of aryl methyl sites for hydroxylation is 1. The quantitative estimate of drug-likeness (QED) is 0.553. The molecule has 0 amide bonds. The van der Waals surface area contributed by atoms with Crippen LogP contribution in [0.4, 0.5) is 0 Å². The van der Waals surface area contributed by atoms with E-state index in [-0.39, 0.29) is 0 Å². The van der Waals surface area contributed by atoms with Crippen molar-refractivity contribution >= 4 is 0 Å². The molecular weight excluding hydrogens is 180 g/mol. The highest BCUT2D eigenvalue weighted by Gasteiger charge is 2.07. The molecule has 0 nitrogen and oxygen atoms in total. The topological polar surface area (TPSA) is 0 Å². The molecule has 0 atom stereocenters. The van der Waals surface area contributed by atoms with Crippen LogP contribution in [0.3, 0.4) is 0 Å². The first kappa shape index (κ1) is 10.2. The monoisotopic (exact) mass is 198 g/mol. The van der Waals surface area contributed by atoms with Gasteiger partial charge in [0.15, 0.2) is 0 Å². The summed E-state index contributed by atoms with van der Waals surface area (Å²) in [5.41, 5.74) is 5.73. The van der Waals surface area contributed by atoms with E-state index in [1.807, 2.05) is 0 Å². The van der Waals surface area contributed by atoms with Gasteiger partial charge in [0.05, 0.1) is 0 Å². The molecule has 0 bridgehead atoms. The first-order chi connectivity index (χ1) is 7.27. The molecule has 0 aliphatic heterocycles. The minimum absolute atomic E-state index is 1.06. The smallest absolute Gasteiger partial charge is 0.00642 e. The summed E-state index contributed by atoms with van der Waals surface area (Å²) in [6.45, 7) is 6.37. The third-order valence-corrected chi connectivity index (χ3v) is 3.10. The molecule has 0 spiro atoms. The van der Waals surface area contributed by atoms with Gasteiger partial charge in [-0.1, -0.05) is 42.5 Å². The van der Waals surface area contributed by atoms with Crippen molar-refractivity contribution in [3.05, 3.63) is 59.2 Å². The Bertz CT molecular complexity index is 396. The zero-order valence-electron chi connectivity index (χ0n) is 9.42. The fourth-order valence-electron chi connectivity index (χ4n) is 2.16. The fraction of sp³-hybridized carbons (Fsp3) is 0.333. The van der Waals surface area contributed by atoms with Crippen molar-refractivity contribution in [2.45, 2.75) is 32.6 Å². The summed E-state index contributed by atoms with van der Waals surface area (Å²) in [5, 5.41) is 0. The molecule has 0 saturated carbocycles. The lowest BCUT2D eigenvalue weighted by Gasteiger charge is -2.11. The summed E-state index contributed by atoms with van der Waals surface area (Å²) >= 11 is 0. The van der Waals surface area contributed by atoms with E-state index >= 15 is 0 Å². The van der Waals surface area contributed by atoms with Gasteiger partial charge in [0, 0.05) is 0 Å². The average Bonchev–Trinajstić information content (AvgIpc) is 2.30. The van der Waals surface area contributed by atoms with Crippen LogP contribution in [0.5, 0.6) is 0 Å². The molecule has 0 heteroatoms. The highest BCUT2D eigenvalue weighted by Crippen LogP contribution is 2.22. The van der Waals surface area contributed by atoms with Crippen LogP contribution in [0, 0.1) is 6.92 Å². The Balaban J connectivity index is 2.41. The molecule has 1 aromatic rings. The van der Waals surface area contributed by atoms with E-state index in [1.165, 1.54) is 22.3 Å². The Hall–Kier alpha value is -1.30. The van der Waals surface area contributed by atoms with E-state index in [9.17, 15) is 0 Å². The number of allylic oxidation sites excluding steroid dienone is 3. The van der Waals surface area contributed by atoms with Gasteiger partial charge < -0.3 is 0 Å². The maximum atomic E-state index is 4.16. The normalized spacial score (nSPS) is 18.6. The van der Waals surface area contributed by atoms with Crippen molar-refractivity contribution in [2.75, 3.05) is 0 Å². The Morgan fingerprint density at radius 3 is 2.93 bits per heavy atom. The first-order valence-electron chi connectivity index (χ1n) is 5.66. The molecule has 0 unspecified atom stereocenters. The summed E-state index contributed by atoms with van der Waals surface area (Å²) in [7, 11) is 0. The lowest BCUT2D eigenvalue weighted by molar-refractivity contribution is 0.929. The van der Waals surface area contributed by atoms with Crippen LogP contribution in [0.25, 0.3) is 0 Å². The van der Waals surface area contributed by atoms with Crippen molar-refractivity contribution < 1.29 is 0 Å². The third-order valence-electron chi connectivity index (χ3n) is 3.10. The first-order valence-corrected chi connectivity index (χ1v) is 5.66. The van der Waals surface area contributed by atoms with Crippen LogP contribution >= 0.6 is 0 Å². The van der Waals surface area contributed by atoms with E-state index < -0.39 is 0 Å². The predicted octanol–water partition coefficient (Wildman–Crippen LogP) is 3.99. The maximum Gasteiger partial charge on any atom is -0.00642 e. The van der Waals surface area contributed by atoms with E-state index in [4.69, 9.17) is 0 Å². The molecule has 0 aromatic heterocycles. The van der Waals surface area contributed by atoms with Gasteiger partial charge in [-0.25, -0.2) is 0 Å². The zero-order chi connectivity index (χ0) is 10.7. The Morgan fingerprint density at radius 2 is 2.07 bits per heavy atom. The van der Waals surface area contributed by atoms with E-state index in [1.54, 1.807) is 0 Å². The summed E-state index contributed by atoms with van der Waals surface area (Å²) in [6.07, 6.45) is 8.98. The Morgan fingerprint density at radius 1 is 1.20 bits per heavy atom. The van der Waals surface area contributed by atoms with Crippen LogP contribution in [0.15, 0.2) is 42.5 Å². The van der Waals surface area contributed by atoms with Gasteiger partial charge in [0.1, 0.15) is 0 Å². The predicted molar refractivity (Wildman–Crippen MR) is 66.1 cm³/mol. The van der Waals surface area contributed by atoms with Crippen LogP contribution in [0.2, 0.25) is 0 Å². The molecule has 1 aliphatic rings. The average molecular weight is 198 g/mol. The van der Waals surface area contributed by atoms with Gasteiger partial charge in [-0.3, -0.25) is 0 Å². The number of fused-ring (bicyclic) bond motifs is 1. The molecule has 0 N–H and O–H groups in total. The van der Waals surface area contributed by atoms with Crippen LogP contribution in [-0.2, 0) is 12.8 Å². The summed E-state index contributed by atoms with van der Waals surface area (Å²) in [6, 6.07) is 6.60. The van der Waals surface area contributed by atoms with Gasteiger partial charge in [-0.15, -0.1) is 0 Å². The number of hydrogen-bond donors (Lipinski definition) is 0. The second-order valence-electron chi connectivity index (χ2n) is 4.35. The standard InChI is InChI=1S/C15H18/c1-12-7-4-3-5-9-14-10-6-8-13(2)15(14)11-12/h3,5-6,8,10H,1,4,7,9,11H2,2H3/b5-3-. The second-order valence-corrected chi connectivity index (χ2v) is 4.35. The molecule has 15 heavy (non-hydrogen) atoms. The lowest BCUT2D eigenvalue weighted by Crippen LogP contribution is -1.97. The van der Waals surface area contributed by atoms with E-state index in [2.05, 4.69) is 43.9 Å². The van der Waals surface area contributed by atoms with E-state index in [0.717, 1.165) is 25.7 Å². The van der Waals surface area contributed by atoms with Crippen molar-refractivity contribution in [3.8, 4) is 0 Å². The van der Waals surface area contributed by atoms with E-state index in [0.29, 0.717) is 0 Å². The third kappa shape index (κ3) is 2.38. The molecule has 0 fully saturated rings. The SMILES string of the molecule is C=C1CC/C=C\Cc2cccc(C)c2C1. The Kier molecular flexibility index (Phi) is 3.05. The molecule has 0 heterocycles. The number of hydrogen-bond acceptors (Lipinski definition) is 0. The fourth-order valence-corrected chi connectivity index (χ4v) is 2.16. The van der Waals surface area contributed by atoms with Crippen molar-refractivity contribution in [1.29, 1.82) is 0 Å². The number of rotatable bonds is 0. The molecular formula is C15H18. The van der Waals surface area contributed by atoms with Crippen molar-refractivity contribution in [3.63, 3.8) is 0 Å². The molecule has 1 aromatic carbocycles. The largest absolute Gasteiger partial charge is 0.0995 e. The highest BCUT2D eigenvalue weighted by atomic mass is 14.1. The van der Waals surface area contributed by atoms with Crippen LogP contribution in [-0.4, -0.2) is 0 Å². The maximum absolute atomic E-state index is 4.16. The molecule has 78 valence electrons. The molecule has 0 saturated heterocycles. The van der Waals surface area contributed by atoms with Gasteiger partial charge in [0.25, 0.3) is 0 Å². The number of benzene rings is 1. The van der Waals surface area contributed by atoms with Gasteiger partial charge >= 0.3 is 0 Å². The highest BCUT2D eigenvalue weighted by molar-refractivity contribution is 5.38. The second kappa shape index (κ2) is 4.48. The summed E-state index contributed by atoms with van der Waals surface area (Å²) in [5.74, 6) is 0. The van der Waals surface area contributed by atoms with Crippen molar-refractivity contribution in [1.82, 2.24) is 0 Å². The van der Waals surface area contributed by atoms with Crippen LogP contribution in [0.1, 0.15) is 29.5 Å². The zero-order valence-corrected chi connectivity index (χ0v) is 9.42. The van der Waals surface area contributed by atoms with Gasteiger partial charge in [0.2, 0.25) is 0 Å². The summed E-state index contributed by atoms with van der Waals surface area (Å²) < 4.78 is 0. The molecule has 0 radical (unpaired) electrons.